The van der Waals surface area contributed by atoms with E-state index >= 15 is 0 Å². The fourth-order valence-electron chi connectivity index (χ4n) is 3.46. The van der Waals surface area contributed by atoms with Crippen molar-refractivity contribution in [2.24, 2.45) is 23.7 Å². The van der Waals surface area contributed by atoms with Gasteiger partial charge in [-0.3, -0.25) is 4.79 Å². The third-order valence-corrected chi connectivity index (χ3v) is 4.54. The van der Waals surface area contributed by atoms with Crippen molar-refractivity contribution in [2.45, 2.75) is 45.7 Å². The van der Waals surface area contributed by atoms with Gasteiger partial charge in [-0.25, -0.2) is 0 Å². The smallest absolute Gasteiger partial charge is 0.323 e. The lowest BCUT2D eigenvalue weighted by Crippen LogP contribution is -2.49. The Morgan fingerprint density at radius 3 is 2.44 bits per heavy atom. The molecule has 0 heterocycles. The van der Waals surface area contributed by atoms with Crippen LogP contribution in [0.25, 0.3) is 0 Å². The normalized spacial score (nSPS) is 32.8. The summed E-state index contributed by atoms with van der Waals surface area (Å²) in [5.41, 5.74) is 0. The van der Waals surface area contributed by atoms with Crippen LogP contribution in [0.2, 0.25) is 0 Å². The zero-order chi connectivity index (χ0) is 13.3. The third-order valence-electron chi connectivity index (χ3n) is 4.54. The van der Waals surface area contributed by atoms with E-state index in [0.29, 0.717) is 17.9 Å². The zero-order valence-electron chi connectivity index (χ0n) is 11.8. The second-order valence-corrected chi connectivity index (χ2v) is 6.14. The molecule has 102 valence electrons. The van der Waals surface area contributed by atoms with Crippen molar-refractivity contribution >= 4 is 5.97 Å². The summed E-state index contributed by atoms with van der Waals surface area (Å²) in [6, 6.07) is 0.185. The minimum atomic E-state index is -0.187. The van der Waals surface area contributed by atoms with E-state index in [1.54, 1.807) is 0 Å². The second-order valence-electron chi connectivity index (χ2n) is 6.14. The average Bonchev–Trinajstić information content (AvgIpc) is 2.96. The number of hydrogen-bond acceptors (Lipinski definition) is 3. The summed E-state index contributed by atoms with van der Waals surface area (Å²) in [5.74, 6) is 2.28. The molecule has 5 unspecified atom stereocenters. The Morgan fingerprint density at radius 2 is 2.00 bits per heavy atom. The standard InChI is InChI=1S/C15H25NO2/c1-9(2)14(15(17)18-4)16-10(3)13-8-11-5-6-12(13)7-11/h5-6,9-14,16H,7-8H2,1-4H3. The van der Waals surface area contributed by atoms with E-state index in [1.165, 1.54) is 20.0 Å². The largest absolute Gasteiger partial charge is 0.468 e. The number of nitrogens with one attached hydrogen (secondary N) is 1. The first-order valence-electron chi connectivity index (χ1n) is 7.05. The minimum Gasteiger partial charge on any atom is -0.468 e. The molecule has 3 heteroatoms. The van der Waals surface area contributed by atoms with Gasteiger partial charge in [0.1, 0.15) is 6.04 Å². The molecule has 1 saturated carbocycles. The van der Waals surface area contributed by atoms with Gasteiger partial charge in [0.25, 0.3) is 0 Å². The predicted molar refractivity (Wildman–Crippen MR) is 72.1 cm³/mol. The summed E-state index contributed by atoms with van der Waals surface area (Å²) in [6.45, 7) is 6.32. The number of allylic oxidation sites excluding steroid dienone is 2. The molecule has 2 aliphatic rings. The number of methoxy groups -OCH3 is 1. The van der Waals surface area contributed by atoms with E-state index in [1.807, 2.05) is 0 Å². The number of ether oxygens (including phenoxy) is 1. The molecule has 0 amide bonds. The van der Waals surface area contributed by atoms with Crippen molar-refractivity contribution in [3.05, 3.63) is 12.2 Å². The Morgan fingerprint density at radius 1 is 1.28 bits per heavy atom. The maximum Gasteiger partial charge on any atom is 0.323 e. The van der Waals surface area contributed by atoms with Gasteiger partial charge in [0.15, 0.2) is 0 Å². The highest BCUT2D eigenvalue weighted by molar-refractivity contribution is 5.75. The summed E-state index contributed by atoms with van der Waals surface area (Å²) < 4.78 is 4.88. The van der Waals surface area contributed by atoms with Gasteiger partial charge in [0, 0.05) is 6.04 Å². The molecule has 0 radical (unpaired) electrons. The number of rotatable bonds is 5. The summed E-state index contributed by atoms with van der Waals surface area (Å²) in [6.07, 6.45) is 7.29. The van der Waals surface area contributed by atoms with Gasteiger partial charge in [0.2, 0.25) is 0 Å². The monoisotopic (exact) mass is 251 g/mol. The highest BCUT2D eigenvalue weighted by atomic mass is 16.5. The first-order chi connectivity index (χ1) is 8.52. The quantitative estimate of drug-likeness (QED) is 0.602. The van der Waals surface area contributed by atoms with Crippen LogP contribution in [0.4, 0.5) is 0 Å². The second kappa shape index (κ2) is 5.43. The molecule has 2 aliphatic carbocycles. The number of esters is 1. The van der Waals surface area contributed by atoms with E-state index in [9.17, 15) is 4.79 Å². The van der Waals surface area contributed by atoms with Crippen LogP contribution in [-0.2, 0) is 9.53 Å². The van der Waals surface area contributed by atoms with Crippen LogP contribution in [0.3, 0.4) is 0 Å². The molecule has 0 spiro atoms. The lowest BCUT2D eigenvalue weighted by molar-refractivity contribution is -0.144. The van der Waals surface area contributed by atoms with Gasteiger partial charge in [-0.1, -0.05) is 26.0 Å². The SMILES string of the molecule is COC(=O)C(NC(C)C1CC2C=CC1C2)C(C)C. The summed E-state index contributed by atoms with van der Waals surface area (Å²) in [4.78, 5) is 11.8. The summed E-state index contributed by atoms with van der Waals surface area (Å²) in [5, 5.41) is 3.49. The Kier molecular flexibility index (Phi) is 4.10. The first-order valence-corrected chi connectivity index (χ1v) is 7.05. The van der Waals surface area contributed by atoms with E-state index < -0.39 is 0 Å². The molecule has 18 heavy (non-hydrogen) atoms. The Balaban J connectivity index is 1.95. The van der Waals surface area contributed by atoms with Crippen molar-refractivity contribution in [1.82, 2.24) is 5.32 Å². The molecular formula is C15H25NO2. The van der Waals surface area contributed by atoms with Gasteiger partial charge in [0.05, 0.1) is 7.11 Å². The fraction of sp³-hybridized carbons (Fsp3) is 0.800. The van der Waals surface area contributed by atoms with Crippen LogP contribution in [0.5, 0.6) is 0 Å². The molecule has 0 aliphatic heterocycles. The van der Waals surface area contributed by atoms with E-state index in [4.69, 9.17) is 4.74 Å². The van der Waals surface area contributed by atoms with Crippen LogP contribution >= 0.6 is 0 Å². The van der Waals surface area contributed by atoms with E-state index in [2.05, 4.69) is 38.2 Å². The van der Waals surface area contributed by atoms with Crippen molar-refractivity contribution in [2.75, 3.05) is 7.11 Å². The van der Waals surface area contributed by atoms with Crippen LogP contribution in [0.15, 0.2) is 12.2 Å². The molecule has 1 fully saturated rings. The van der Waals surface area contributed by atoms with Crippen molar-refractivity contribution < 1.29 is 9.53 Å². The average molecular weight is 251 g/mol. The van der Waals surface area contributed by atoms with Crippen molar-refractivity contribution in [3.8, 4) is 0 Å². The maximum atomic E-state index is 11.8. The maximum absolute atomic E-state index is 11.8. The Labute approximate surface area is 110 Å². The van der Waals surface area contributed by atoms with Gasteiger partial charge >= 0.3 is 5.97 Å². The third kappa shape index (κ3) is 2.61. The van der Waals surface area contributed by atoms with E-state index in [-0.39, 0.29) is 17.9 Å². The predicted octanol–water partition coefficient (Wildman–Crippen LogP) is 2.37. The highest BCUT2D eigenvalue weighted by Crippen LogP contribution is 2.44. The number of hydrogen-bond donors (Lipinski definition) is 1. The molecular weight excluding hydrogens is 226 g/mol. The Bertz CT molecular complexity index is 337. The van der Waals surface area contributed by atoms with Gasteiger partial charge < -0.3 is 10.1 Å². The first kappa shape index (κ1) is 13.6. The van der Waals surface area contributed by atoms with Gasteiger partial charge in [-0.15, -0.1) is 0 Å². The molecule has 5 atom stereocenters. The van der Waals surface area contributed by atoms with Crippen LogP contribution < -0.4 is 5.32 Å². The fourth-order valence-corrected chi connectivity index (χ4v) is 3.46. The van der Waals surface area contributed by atoms with Crippen molar-refractivity contribution in [1.29, 1.82) is 0 Å². The molecule has 0 saturated heterocycles. The minimum absolute atomic E-state index is 0.143. The van der Waals surface area contributed by atoms with Crippen LogP contribution in [0, 0.1) is 23.7 Å². The van der Waals surface area contributed by atoms with Crippen LogP contribution in [-0.4, -0.2) is 25.2 Å². The lowest BCUT2D eigenvalue weighted by atomic mass is 9.86. The molecule has 0 aromatic heterocycles. The summed E-state index contributed by atoms with van der Waals surface area (Å²) >= 11 is 0. The highest BCUT2D eigenvalue weighted by Gasteiger charge is 2.39. The molecule has 2 rings (SSSR count). The van der Waals surface area contributed by atoms with Gasteiger partial charge in [-0.05, 0) is 43.4 Å². The van der Waals surface area contributed by atoms with E-state index in [0.717, 1.165) is 5.92 Å². The Hall–Kier alpha value is -0.830. The number of carbonyl (C=O) groups is 1. The molecule has 3 nitrogen and oxygen atoms in total. The molecule has 2 bridgehead atoms. The zero-order valence-corrected chi connectivity index (χ0v) is 11.8. The van der Waals surface area contributed by atoms with Gasteiger partial charge in [-0.2, -0.15) is 0 Å². The molecule has 0 aromatic rings. The molecule has 1 N–H and O–H groups in total. The van der Waals surface area contributed by atoms with Crippen molar-refractivity contribution in [3.63, 3.8) is 0 Å². The summed E-state index contributed by atoms with van der Waals surface area (Å²) in [7, 11) is 1.46. The molecule has 0 aromatic carbocycles. The topological polar surface area (TPSA) is 38.3 Å². The lowest BCUT2D eigenvalue weighted by Gasteiger charge is -2.31. The number of fused-ring (bicyclic) bond motifs is 2. The van der Waals surface area contributed by atoms with Crippen LogP contribution in [0.1, 0.15) is 33.6 Å². The number of carbonyl (C=O) groups excluding carboxylic acids is 1.